The van der Waals surface area contributed by atoms with Crippen LogP contribution in [0, 0.1) is 6.92 Å². The molecule has 1 N–H and O–H groups in total. The molecule has 1 unspecified atom stereocenters. The van der Waals surface area contributed by atoms with E-state index in [2.05, 4.69) is 28.9 Å². The smallest absolute Gasteiger partial charge is 0.122 e. The van der Waals surface area contributed by atoms with Crippen LogP contribution in [0.3, 0.4) is 0 Å². The molecule has 3 heterocycles. The highest BCUT2D eigenvalue weighted by Crippen LogP contribution is 2.39. The predicted octanol–water partition coefficient (Wildman–Crippen LogP) is 4.75. The predicted molar refractivity (Wildman–Crippen MR) is 85.0 cm³/mol. The molecule has 2 aromatic heterocycles. The summed E-state index contributed by atoms with van der Waals surface area (Å²) in [6.45, 7) is 2.07. The second-order valence-corrected chi connectivity index (χ2v) is 8.77. The minimum absolute atomic E-state index is 0.458. The standard InChI is InChI=1S/C13H13BrOS3/c1-7-9(14)5-12(17-7)13(15)11-4-8-6-16-3-2-10(8)18-11/h4-5,13,15H,2-3,6H2,1H3. The van der Waals surface area contributed by atoms with Gasteiger partial charge in [-0.25, -0.2) is 0 Å². The summed E-state index contributed by atoms with van der Waals surface area (Å²) in [5.74, 6) is 2.32. The van der Waals surface area contributed by atoms with Crippen LogP contribution in [0.4, 0.5) is 0 Å². The van der Waals surface area contributed by atoms with Crippen molar-refractivity contribution in [2.75, 3.05) is 5.75 Å². The van der Waals surface area contributed by atoms with E-state index in [1.807, 2.05) is 17.8 Å². The Morgan fingerprint density at radius 3 is 2.72 bits per heavy atom. The van der Waals surface area contributed by atoms with E-state index in [-0.39, 0.29) is 0 Å². The Balaban J connectivity index is 1.92. The van der Waals surface area contributed by atoms with E-state index in [9.17, 15) is 5.11 Å². The van der Waals surface area contributed by atoms with E-state index < -0.39 is 6.10 Å². The molecule has 0 amide bonds. The molecular formula is C13H13BrOS3. The summed E-state index contributed by atoms with van der Waals surface area (Å²) in [6, 6.07) is 4.23. The lowest BCUT2D eigenvalue weighted by molar-refractivity contribution is 0.228. The van der Waals surface area contributed by atoms with Gasteiger partial charge in [0.2, 0.25) is 0 Å². The highest BCUT2D eigenvalue weighted by molar-refractivity contribution is 9.10. The van der Waals surface area contributed by atoms with Gasteiger partial charge in [-0.05, 0) is 52.7 Å². The first kappa shape index (κ1) is 13.2. The lowest BCUT2D eigenvalue weighted by Crippen LogP contribution is -1.96. The van der Waals surface area contributed by atoms with Crippen LogP contribution < -0.4 is 0 Å². The lowest BCUT2D eigenvalue weighted by atomic mass is 10.2. The Labute approximate surface area is 127 Å². The van der Waals surface area contributed by atoms with Crippen molar-refractivity contribution in [3.8, 4) is 0 Å². The van der Waals surface area contributed by atoms with Crippen molar-refractivity contribution in [2.45, 2.75) is 25.2 Å². The third-order valence-electron chi connectivity index (χ3n) is 3.06. The van der Waals surface area contributed by atoms with Crippen molar-refractivity contribution >= 4 is 50.4 Å². The zero-order valence-corrected chi connectivity index (χ0v) is 13.9. The van der Waals surface area contributed by atoms with Crippen LogP contribution in [0.1, 0.15) is 31.2 Å². The average molecular weight is 361 g/mol. The van der Waals surface area contributed by atoms with Gasteiger partial charge in [0.1, 0.15) is 6.10 Å². The Bertz CT molecular complexity index is 530. The van der Waals surface area contributed by atoms with E-state index in [0.29, 0.717) is 0 Å². The van der Waals surface area contributed by atoms with Gasteiger partial charge in [0.25, 0.3) is 0 Å². The number of aryl methyl sites for hydroxylation is 2. The van der Waals surface area contributed by atoms with E-state index >= 15 is 0 Å². The van der Waals surface area contributed by atoms with Crippen molar-refractivity contribution in [3.05, 3.63) is 41.7 Å². The van der Waals surface area contributed by atoms with E-state index in [4.69, 9.17) is 0 Å². The van der Waals surface area contributed by atoms with Crippen molar-refractivity contribution < 1.29 is 5.11 Å². The van der Waals surface area contributed by atoms with Crippen LogP contribution in [0.5, 0.6) is 0 Å². The van der Waals surface area contributed by atoms with Gasteiger partial charge in [0.15, 0.2) is 0 Å². The Morgan fingerprint density at radius 1 is 1.28 bits per heavy atom. The molecule has 2 aromatic rings. The quantitative estimate of drug-likeness (QED) is 0.833. The maximum Gasteiger partial charge on any atom is 0.122 e. The SMILES string of the molecule is Cc1sc(C(O)c2cc3c(s2)CCSC3)cc1Br. The van der Waals surface area contributed by atoms with Gasteiger partial charge >= 0.3 is 0 Å². The molecule has 0 saturated carbocycles. The van der Waals surface area contributed by atoms with Gasteiger partial charge in [-0.15, -0.1) is 22.7 Å². The van der Waals surface area contributed by atoms with Crippen molar-refractivity contribution in [2.24, 2.45) is 0 Å². The first-order chi connectivity index (χ1) is 8.65. The second kappa shape index (κ2) is 5.29. The molecule has 0 fully saturated rings. The number of rotatable bonds is 2. The van der Waals surface area contributed by atoms with E-state index in [1.165, 1.54) is 21.1 Å². The first-order valence-electron chi connectivity index (χ1n) is 5.78. The van der Waals surface area contributed by atoms with Gasteiger partial charge in [0, 0.05) is 29.7 Å². The van der Waals surface area contributed by atoms with Gasteiger partial charge < -0.3 is 5.11 Å². The van der Waals surface area contributed by atoms with Crippen LogP contribution in [0.15, 0.2) is 16.6 Å². The van der Waals surface area contributed by atoms with Gasteiger partial charge in [-0.2, -0.15) is 11.8 Å². The molecule has 0 radical (unpaired) electrons. The monoisotopic (exact) mass is 360 g/mol. The summed E-state index contributed by atoms with van der Waals surface area (Å²) >= 11 is 8.95. The highest BCUT2D eigenvalue weighted by Gasteiger charge is 2.20. The minimum Gasteiger partial charge on any atom is -0.382 e. The molecule has 96 valence electrons. The average Bonchev–Trinajstić information content (AvgIpc) is 2.93. The molecule has 1 aliphatic rings. The van der Waals surface area contributed by atoms with Gasteiger partial charge in [0.05, 0.1) is 0 Å². The van der Waals surface area contributed by atoms with Crippen LogP contribution in [0.25, 0.3) is 0 Å². The summed E-state index contributed by atoms with van der Waals surface area (Å²) in [5, 5.41) is 10.5. The number of halogens is 1. The van der Waals surface area contributed by atoms with Crippen LogP contribution in [0.2, 0.25) is 0 Å². The minimum atomic E-state index is -0.458. The molecule has 0 aromatic carbocycles. The fraction of sp³-hybridized carbons (Fsp3) is 0.385. The molecule has 0 aliphatic carbocycles. The number of hydrogen-bond acceptors (Lipinski definition) is 4. The lowest BCUT2D eigenvalue weighted by Gasteiger charge is -2.08. The van der Waals surface area contributed by atoms with Crippen molar-refractivity contribution in [1.82, 2.24) is 0 Å². The fourth-order valence-corrected chi connectivity index (χ4v) is 6.08. The molecule has 1 atom stereocenters. The Morgan fingerprint density at radius 2 is 2.06 bits per heavy atom. The van der Waals surface area contributed by atoms with Crippen LogP contribution in [-0.2, 0) is 12.2 Å². The molecule has 5 heteroatoms. The molecule has 0 saturated heterocycles. The van der Waals surface area contributed by atoms with Gasteiger partial charge in [-0.3, -0.25) is 0 Å². The summed E-state index contributed by atoms with van der Waals surface area (Å²) in [7, 11) is 0. The summed E-state index contributed by atoms with van der Waals surface area (Å²) in [4.78, 5) is 4.82. The number of fused-ring (bicyclic) bond motifs is 1. The summed E-state index contributed by atoms with van der Waals surface area (Å²) < 4.78 is 1.10. The Kier molecular flexibility index (Phi) is 3.87. The third-order valence-corrected chi connectivity index (χ3v) is 7.55. The number of aliphatic hydroxyl groups is 1. The zero-order chi connectivity index (χ0) is 12.7. The highest BCUT2D eigenvalue weighted by atomic mass is 79.9. The van der Waals surface area contributed by atoms with Crippen LogP contribution >= 0.6 is 50.4 Å². The molecule has 1 nitrogen and oxygen atoms in total. The molecular weight excluding hydrogens is 348 g/mol. The van der Waals surface area contributed by atoms with Crippen molar-refractivity contribution in [1.29, 1.82) is 0 Å². The molecule has 1 aliphatic heterocycles. The zero-order valence-electron chi connectivity index (χ0n) is 9.90. The van der Waals surface area contributed by atoms with Gasteiger partial charge in [-0.1, -0.05) is 0 Å². The Hall–Kier alpha value is 0.190. The first-order valence-corrected chi connectivity index (χ1v) is 9.36. The van der Waals surface area contributed by atoms with E-state index in [1.54, 1.807) is 22.7 Å². The topological polar surface area (TPSA) is 20.2 Å². The maximum atomic E-state index is 10.5. The largest absolute Gasteiger partial charge is 0.382 e. The normalized spacial score (nSPS) is 16.6. The second-order valence-electron chi connectivity index (χ2n) is 4.36. The number of thioether (sulfide) groups is 1. The third kappa shape index (κ3) is 2.43. The molecule has 0 bridgehead atoms. The fourth-order valence-electron chi connectivity index (χ4n) is 2.06. The maximum absolute atomic E-state index is 10.5. The summed E-state index contributed by atoms with van der Waals surface area (Å²) in [6.07, 6.45) is 0.700. The number of thiophene rings is 2. The number of aliphatic hydroxyl groups excluding tert-OH is 1. The molecule has 3 rings (SSSR count). The number of hydrogen-bond donors (Lipinski definition) is 1. The van der Waals surface area contributed by atoms with Crippen molar-refractivity contribution in [3.63, 3.8) is 0 Å². The summed E-state index contributed by atoms with van der Waals surface area (Å²) in [5.41, 5.74) is 1.43. The molecule has 18 heavy (non-hydrogen) atoms. The van der Waals surface area contributed by atoms with E-state index in [0.717, 1.165) is 26.4 Å². The van der Waals surface area contributed by atoms with Crippen LogP contribution in [-0.4, -0.2) is 10.9 Å². The molecule has 0 spiro atoms.